The monoisotopic (exact) mass is 284 g/mol. The van der Waals surface area contributed by atoms with Crippen molar-refractivity contribution >= 4 is 0 Å². The van der Waals surface area contributed by atoms with E-state index in [0.717, 1.165) is 11.5 Å². The second-order valence-electron chi connectivity index (χ2n) is 2.10. The largest absolute Gasteiger partial charge is 2.00 e. The second-order valence-corrected chi connectivity index (χ2v) is 2.10. The smallest absolute Gasteiger partial charge is 0.356 e. The van der Waals surface area contributed by atoms with E-state index >= 15 is 0 Å². The molecule has 0 spiro atoms. The van der Waals surface area contributed by atoms with Crippen LogP contribution in [0, 0.1) is 44.5 Å². The van der Waals surface area contributed by atoms with Crippen molar-refractivity contribution in [2.45, 2.75) is 13.8 Å². The van der Waals surface area contributed by atoms with Gasteiger partial charge in [-0.1, -0.05) is 0 Å². The first kappa shape index (κ1) is 19.8. The molecule has 0 atom stereocenters. The molecule has 0 unspecified atom stereocenters. The van der Waals surface area contributed by atoms with Crippen LogP contribution in [0.25, 0.3) is 0 Å². The van der Waals surface area contributed by atoms with E-state index in [2.05, 4.69) is 9.97 Å². The Labute approximate surface area is 102 Å². The summed E-state index contributed by atoms with van der Waals surface area (Å²) in [6.45, 7) is 3.92. The minimum absolute atomic E-state index is 0. The maximum absolute atomic E-state index is 8.25. The van der Waals surface area contributed by atoms with Crippen LogP contribution in [0.2, 0.25) is 0 Å². The maximum atomic E-state index is 8.25. The number of aryl methyl sites for hydroxylation is 2. The molecule has 0 aromatic carbocycles. The summed E-state index contributed by atoms with van der Waals surface area (Å²) in [7, 11) is 0. The van der Waals surface area contributed by atoms with Crippen molar-refractivity contribution < 1.29 is 29.7 Å². The van der Waals surface area contributed by atoms with E-state index in [0.29, 0.717) is 0 Å². The summed E-state index contributed by atoms with van der Waals surface area (Å²) in [6.07, 6.45) is 1.81. The summed E-state index contributed by atoms with van der Waals surface area (Å²) >= 11 is 0. The van der Waals surface area contributed by atoms with E-state index in [-0.39, 0.29) is 19.5 Å². The number of hydrogen-bond donors (Lipinski definition) is 1. The summed E-state index contributed by atoms with van der Waals surface area (Å²) in [5.74, 6) is 0.984. The molecule has 10 nitrogen and oxygen atoms in total. The number of imidazole rings is 1. The van der Waals surface area contributed by atoms with E-state index in [1.54, 1.807) is 0 Å². The summed E-state index contributed by atoms with van der Waals surface area (Å²) in [4.78, 5) is 23.5. The van der Waals surface area contributed by atoms with Gasteiger partial charge in [0.25, 0.3) is 0 Å². The van der Waals surface area contributed by atoms with Crippen LogP contribution < -0.4 is 0 Å². The Kier molecular flexibility index (Phi) is 14.0. The maximum Gasteiger partial charge on any atom is 2.00 e. The molecule has 0 saturated heterocycles. The predicted octanol–water partition coefficient (Wildman–Crippen LogP) is 0.546. The molecule has 0 aliphatic heterocycles. The first-order valence-electron chi connectivity index (χ1n) is 3.37. The molecule has 0 radical (unpaired) electrons. The van der Waals surface area contributed by atoms with E-state index < -0.39 is 10.2 Å². The van der Waals surface area contributed by atoms with Gasteiger partial charge in [0.05, 0.1) is 10.2 Å². The van der Waals surface area contributed by atoms with Gasteiger partial charge < -0.3 is 35.6 Å². The van der Waals surface area contributed by atoms with Gasteiger partial charge in [0.15, 0.2) is 0 Å². The molecule has 0 aliphatic rings. The molecule has 0 fully saturated rings. The minimum Gasteiger partial charge on any atom is -0.356 e. The van der Waals surface area contributed by atoms with Crippen LogP contribution in [0.15, 0.2) is 6.20 Å². The third kappa shape index (κ3) is 29.5. The third-order valence-electron chi connectivity index (χ3n) is 0.830. The predicted molar refractivity (Wildman–Crippen MR) is 48.8 cm³/mol. The first-order chi connectivity index (χ1) is 6.75. The number of aromatic nitrogens is 2. The van der Waals surface area contributed by atoms with E-state index in [1.807, 2.05) is 20.0 Å². The number of nitrogens with zero attached hydrogens (tertiary/aromatic N) is 3. The van der Waals surface area contributed by atoms with E-state index in [4.69, 9.17) is 30.6 Å². The Morgan fingerprint density at radius 2 is 1.44 bits per heavy atom. The van der Waals surface area contributed by atoms with Crippen molar-refractivity contribution in [1.29, 1.82) is 0 Å². The third-order valence-corrected chi connectivity index (χ3v) is 0.830. The molecular weight excluding hydrogens is 277 g/mol. The van der Waals surface area contributed by atoms with Crippen LogP contribution in [0.4, 0.5) is 0 Å². The number of hydrogen-bond acceptors (Lipinski definition) is 7. The van der Waals surface area contributed by atoms with Crippen molar-refractivity contribution in [1.82, 2.24) is 9.97 Å². The zero-order valence-corrected chi connectivity index (χ0v) is 11.5. The molecule has 0 amide bonds. The molecule has 1 N–H and O–H groups in total. The van der Waals surface area contributed by atoms with Gasteiger partial charge in [0.1, 0.15) is 5.82 Å². The van der Waals surface area contributed by atoms with Crippen molar-refractivity contribution in [2.75, 3.05) is 0 Å². The fraction of sp³-hybridized carbons (Fsp3) is 0.400. The quantitative estimate of drug-likeness (QED) is 0.413. The Hall–Kier alpha value is -1.77. The molecule has 1 rings (SSSR count). The Bertz CT molecular complexity index is 279. The average Bonchev–Trinajstić information content (AvgIpc) is 2.31. The minimum atomic E-state index is -1.75. The van der Waals surface area contributed by atoms with Crippen LogP contribution in [-0.4, -0.2) is 20.1 Å². The molecule has 0 bridgehead atoms. The van der Waals surface area contributed by atoms with Gasteiger partial charge in [0, 0.05) is 11.9 Å². The summed E-state index contributed by atoms with van der Waals surface area (Å²) in [5.41, 5.74) is 1.12. The van der Waals surface area contributed by atoms with Gasteiger partial charge in [-0.2, -0.15) is 0 Å². The molecule has 1 heterocycles. The van der Waals surface area contributed by atoms with Crippen LogP contribution in [-0.2, 0) is 19.5 Å². The summed E-state index contributed by atoms with van der Waals surface area (Å²) < 4.78 is 0. The summed E-state index contributed by atoms with van der Waals surface area (Å²) in [5, 5.41) is 29.5. The molecule has 11 heteroatoms. The normalized spacial score (nSPS) is 7.12. The van der Waals surface area contributed by atoms with Crippen molar-refractivity contribution in [3.8, 4) is 0 Å². The molecule has 1 aromatic heterocycles. The van der Waals surface area contributed by atoms with Crippen LogP contribution >= 0.6 is 0 Å². The van der Waals surface area contributed by atoms with Crippen LogP contribution in [0.1, 0.15) is 11.5 Å². The van der Waals surface area contributed by atoms with Crippen molar-refractivity contribution in [3.63, 3.8) is 0 Å². The average molecular weight is 286 g/mol. The topological polar surface area (TPSA) is 161 Å². The SMILES string of the molecule is Cc1cnc(C)[nH]1.O=[N+]([O-])[O-].O=[N+]([O-])[O-].[Zn+2]. The zero-order chi connectivity index (χ0) is 12.4. The van der Waals surface area contributed by atoms with Crippen molar-refractivity contribution in [3.05, 3.63) is 48.4 Å². The molecular formula is C5H8N4O6Zn. The van der Waals surface area contributed by atoms with Gasteiger partial charge in [-0.25, -0.2) is 4.98 Å². The fourth-order valence-electron chi connectivity index (χ4n) is 0.544. The molecule has 0 saturated carbocycles. The number of H-pyrrole nitrogens is 1. The van der Waals surface area contributed by atoms with Crippen molar-refractivity contribution in [2.24, 2.45) is 0 Å². The zero-order valence-electron chi connectivity index (χ0n) is 8.58. The van der Waals surface area contributed by atoms with E-state index in [9.17, 15) is 0 Å². The van der Waals surface area contributed by atoms with Crippen LogP contribution in [0.3, 0.4) is 0 Å². The fourth-order valence-corrected chi connectivity index (χ4v) is 0.544. The number of nitrogens with one attached hydrogen (secondary N) is 1. The van der Waals surface area contributed by atoms with Gasteiger partial charge in [-0.15, -0.1) is 0 Å². The Balaban J connectivity index is -0.000000166. The van der Waals surface area contributed by atoms with E-state index in [1.165, 1.54) is 0 Å². The number of aromatic amines is 1. The molecule has 1 aromatic rings. The first-order valence-corrected chi connectivity index (χ1v) is 3.37. The number of rotatable bonds is 0. The van der Waals surface area contributed by atoms with Crippen LogP contribution in [0.5, 0.6) is 0 Å². The van der Waals surface area contributed by atoms with Gasteiger partial charge in [0.2, 0.25) is 0 Å². The van der Waals surface area contributed by atoms with Gasteiger partial charge >= 0.3 is 19.5 Å². The second kappa shape index (κ2) is 11.3. The Morgan fingerprint density at radius 1 is 1.12 bits per heavy atom. The Morgan fingerprint density at radius 3 is 1.50 bits per heavy atom. The molecule has 86 valence electrons. The molecule has 0 aliphatic carbocycles. The standard InChI is InChI=1S/C5H8N2.2NO3.Zn/c1-4-3-6-5(2)7-4;2*2-1(3)4;/h3H,1-2H3,(H,6,7);;;/q;2*-1;+2. The summed E-state index contributed by atoms with van der Waals surface area (Å²) in [6, 6.07) is 0. The van der Waals surface area contributed by atoms with Gasteiger partial charge in [-0.3, -0.25) is 0 Å². The van der Waals surface area contributed by atoms with Gasteiger partial charge in [-0.05, 0) is 13.8 Å². The molecule has 16 heavy (non-hydrogen) atoms.